The van der Waals surface area contributed by atoms with Gasteiger partial charge < -0.3 is 14.5 Å². The number of hydrogen-bond acceptors (Lipinski definition) is 6. The number of hydrogen-bond donors (Lipinski definition) is 1. The topological polar surface area (TPSA) is 112 Å². The zero-order valence-electron chi connectivity index (χ0n) is 13.3. The first-order valence-corrected chi connectivity index (χ1v) is 8.01. The minimum atomic E-state index is -0.824. The maximum absolute atomic E-state index is 12.2. The number of esters is 1. The lowest BCUT2D eigenvalue weighted by atomic mass is 10.1. The second-order valence-electron chi connectivity index (χ2n) is 4.86. The molecule has 1 N–H and O–H groups in total. The molecular formula is C17H13BrN2O6. The summed E-state index contributed by atoms with van der Waals surface area (Å²) in [6.07, 6.45) is 2.64. The molecule has 0 fully saturated rings. The standard InChI is InChI=1S/C17H13BrN2O6/c1-2-8-25-17(22)13(19-16(21)14-6-7-15(18)26-14)10-11-4-3-5-12(9-11)20(23)24/h2-7,9-10H,1,8H2,(H,19,21)/b13-10+. The van der Waals surface area contributed by atoms with E-state index in [1.54, 1.807) is 6.07 Å². The molecule has 0 saturated heterocycles. The molecule has 26 heavy (non-hydrogen) atoms. The normalized spacial score (nSPS) is 10.9. The second kappa shape index (κ2) is 8.77. The van der Waals surface area contributed by atoms with E-state index in [9.17, 15) is 19.7 Å². The molecule has 0 aliphatic heterocycles. The van der Waals surface area contributed by atoms with Crippen LogP contribution in [0, 0.1) is 10.1 Å². The van der Waals surface area contributed by atoms with Crippen LogP contribution in [0.15, 0.2) is 63.8 Å². The number of nitrogens with one attached hydrogen (secondary N) is 1. The van der Waals surface area contributed by atoms with Crippen molar-refractivity contribution in [1.29, 1.82) is 0 Å². The largest absolute Gasteiger partial charge is 0.457 e. The Kier molecular flexibility index (Phi) is 6.45. The van der Waals surface area contributed by atoms with Gasteiger partial charge in [-0.15, -0.1) is 0 Å². The fourth-order valence-corrected chi connectivity index (χ4v) is 2.18. The highest BCUT2D eigenvalue weighted by Crippen LogP contribution is 2.17. The van der Waals surface area contributed by atoms with Gasteiger partial charge in [0.25, 0.3) is 11.6 Å². The van der Waals surface area contributed by atoms with E-state index >= 15 is 0 Å². The number of ether oxygens (including phenoxy) is 1. The molecule has 0 spiro atoms. The lowest BCUT2D eigenvalue weighted by Crippen LogP contribution is -2.28. The molecule has 1 aromatic carbocycles. The van der Waals surface area contributed by atoms with Crippen molar-refractivity contribution < 1.29 is 23.7 Å². The smallest absolute Gasteiger partial charge is 0.355 e. The molecule has 0 atom stereocenters. The van der Waals surface area contributed by atoms with Crippen LogP contribution in [0.1, 0.15) is 16.1 Å². The van der Waals surface area contributed by atoms with E-state index in [2.05, 4.69) is 27.8 Å². The van der Waals surface area contributed by atoms with Crippen LogP contribution in [-0.4, -0.2) is 23.4 Å². The molecular weight excluding hydrogens is 408 g/mol. The van der Waals surface area contributed by atoms with Gasteiger partial charge in [-0.2, -0.15) is 0 Å². The Morgan fingerprint density at radius 3 is 2.73 bits per heavy atom. The number of amides is 1. The molecule has 1 aromatic heterocycles. The van der Waals surface area contributed by atoms with E-state index in [4.69, 9.17) is 9.15 Å². The molecule has 2 aromatic rings. The lowest BCUT2D eigenvalue weighted by Gasteiger charge is -2.08. The van der Waals surface area contributed by atoms with Crippen molar-refractivity contribution in [3.05, 3.63) is 80.9 Å². The summed E-state index contributed by atoms with van der Waals surface area (Å²) in [6, 6.07) is 8.52. The summed E-state index contributed by atoms with van der Waals surface area (Å²) in [4.78, 5) is 34.7. The zero-order valence-corrected chi connectivity index (χ0v) is 14.9. The van der Waals surface area contributed by atoms with Gasteiger partial charge in [0.1, 0.15) is 12.3 Å². The number of carbonyl (C=O) groups is 2. The maximum Gasteiger partial charge on any atom is 0.355 e. The predicted octanol–water partition coefficient (Wildman–Crippen LogP) is 3.45. The van der Waals surface area contributed by atoms with Gasteiger partial charge in [0.15, 0.2) is 10.4 Å². The van der Waals surface area contributed by atoms with Crippen LogP contribution >= 0.6 is 15.9 Å². The van der Waals surface area contributed by atoms with Crippen molar-refractivity contribution in [1.82, 2.24) is 5.32 Å². The fraction of sp³-hybridized carbons (Fsp3) is 0.0588. The molecule has 1 heterocycles. The molecule has 0 radical (unpaired) electrons. The monoisotopic (exact) mass is 420 g/mol. The summed E-state index contributed by atoms with van der Waals surface area (Å²) in [5.74, 6) is -1.53. The number of non-ortho nitro benzene ring substituents is 1. The van der Waals surface area contributed by atoms with Gasteiger partial charge >= 0.3 is 5.97 Å². The van der Waals surface area contributed by atoms with Crippen LogP contribution in [0.3, 0.4) is 0 Å². The van der Waals surface area contributed by atoms with Crippen LogP contribution in [0.2, 0.25) is 0 Å². The lowest BCUT2D eigenvalue weighted by molar-refractivity contribution is -0.384. The SMILES string of the molecule is C=CCOC(=O)/C(=C\c1cccc([N+](=O)[O-])c1)NC(=O)c1ccc(Br)o1. The Labute approximate surface area is 156 Å². The molecule has 0 unspecified atom stereocenters. The molecule has 1 amide bonds. The summed E-state index contributed by atoms with van der Waals surface area (Å²) < 4.78 is 10.4. The fourth-order valence-electron chi connectivity index (χ4n) is 1.87. The van der Waals surface area contributed by atoms with Gasteiger partial charge in [-0.3, -0.25) is 14.9 Å². The third-order valence-electron chi connectivity index (χ3n) is 2.99. The first-order valence-electron chi connectivity index (χ1n) is 7.21. The van der Waals surface area contributed by atoms with Gasteiger partial charge in [-0.05, 0) is 39.7 Å². The van der Waals surface area contributed by atoms with Crippen LogP contribution < -0.4 is 5.32 Å². The molecule has 0 aliphatic carbocycles. The minimum Gasteiger partial charge on any atom is -0.457 e. The van der Waals surface area contributed by atoms with Crippen molar-refractivity contribution in [2.75, 3.05) is 6.61 Å². The quantitative estimate of drug-likeness (QED) is 0.241. The van der Waals surface area contributed by atoms with E-state index in [1.807, 2.05) is 0 Å². The van der Waals surface area contributed by atoms with Crippen molar-refractivity contribution in [2.45, 2.75) is 0 Å². The van der Waals surface area contributed by atoms with E-state index in [-0.39, 0.29) is 23.8 Å². The third kappa shape index (κ3) is 5.15. The van der Waals surface area contributed by atoms with E-state index < -0.39 is 16.8 Å². The Balaban J connectivity index is 2.32. The summed E-state index contributed by atoms with van der Waals surface area (Å²) in [5, 5.41) is 13.3. The molecule has 0 bridgehead atoms. The maximum atomic E-state index is 12.2. The van der Waals surface area contributed by atoms with Gasteiger partial charge in [-0.25, -0.2) is 4.79 Å². The number of benzene rings is 1. The molecule has 0 aliphatic rings. The first kappa shape index (κ1) is 19.1. The van der Waals surface area contributed by atoms with Gasteiger partial charge in [-0.1, -0.05) is 24.8 Å². The van der Waals surface area contributed by atoms with E-state index in [0.29, 0.717) is 10.2 Å². The molecule has 8 nitrogen and oxygen atoms in total. The highest BCUT2D eigenvalue weighted by Gasteiger charge is 2.18. The second-order valence-corrected chi connectivity index (χ2v) is 5.64. The Hall–Kier alpha value is -3.20. The summed E-state index contributed by atoms with van der Waals surface area (Å²) >= 11 is 3.08. The van der Waals surface area contributed by atoms with E-state index in [0.717, 1.165) is 0 Å². The van der Waals surface area contributed by atoms with E-state index in [1.165, 1.54) is 42.5 Å². The Morgan fingerprint density at radius 1 is 1.35 bits per heavy atom. The van der Waals surface area contributed by atoms with Crippen molar-refractivity contribution in [3.8, 4) is 0 Å². The molecule has 0 saturated carbocycles. The molecule has 9 heteroatoms. The average molecular weight is 421 g/mol. The number of nitrogens with zero attached hydrogens (tertiary/aromatic N) is 1. The van der Waals surface area contributed by atoms with Crippen LogP contribution in [-0.2, 0) is 9.53 Å². The highest BCUT2D eigenvalue weighted by atomic mass is 79.9. The number of nitro groups is 1. The number of carbonyl (C=O) groups excluding carboxylic acids is 2. The number of nitro benzene ring substituents is 1. The van der Waals surface area contributed by atoms with Crippen molar-refractivity contribution >= 4 is 39.6 Å². The Bertz CT molecular complexity index is 887. The Morgan fingerprint density at radius 2 is 2.12 bits per heavy atom. The summed E-state index contributed by atoms with van der Waals surface area (Å²) in [5.41, 5.74) is -0.0191. The van der Waals surface area contributed by atoms with Gasteiger partial charge in [0.05, 0.1) is 4.92 Å². The molecule has 134 valence electrons. The highest BCUT2D eigenvalue weighted by molar-refractivity contribution is 9.10. The van der Waals surface area contributed by atoms with Crippen LogP contribution in [0.4, 0.5) is 5.69 Å². The van der Waals surface area contributed by atoms with Crippen molar-refractivity contribution in [3.63, 3.8) is 0 Å². The average Bonchev–Trinajstić information content (AvgIpc) is 3.05. The number of rotatable bonds is 7. The first-order chi connectivity index (χ1) is 12.4. The summed E-state index contributed by atoms with van der Waals surface area (Å²) in [7, 11) is 0. The predicted molar refractivity (Wildman–Crippen MR) is 96.1 cm³/mol. The molecule has 2 rings (SSSR count). The summed E-state index contributed by atoms with van der Waals surface area (Å²) in [6.45, 7) is 3.38. The van der Waals surface area contributed by atoms with Gasteiger partial charge in [0.2, 0.25) is 0 Å². The van der Waals surface area contributed by atoms with Crippen LogP contribution in [0.5, 0.6) is 0 Å². The van der Waals surface area contributed by atoms with Crippen molar-refractivity contribution in [2.24, 2.45) is 0 Å². The third-order valence-corrected chi connectivity index (χ3v) is 3.42. The van der Waals surface area contributed by atoms with Gasteiger partial charge in [0, 0.05) is 12.1 Å². The zero-order chi connectivity index (χ0) is 19.1. The number of furan rings is 1. The van der Waals surface area contributed by atoms with Crippen LogP contribution in [0.25, 0.3) is 6.08 Å². The minimum absolute atomic E-state index is 0.0293. The number of halogens is 1.